The molecule has 0 aliphatic heterocycles. The van der Waals surface area contributed by atoms with Crippen LogP contribution >= 0.6 is 10.5 Å². The van der Waals surface area contributed by atoms with Gasteiger partial charge in [-0.25, -0.2) is 4.79 Å². The van der Waals surface area contributed by atoms with Crippen molar-refractivity contribution in [1.82, 2.24) is 0 Å². The van der Waals surface area contributed by atoms with E-state index in [2.05, 4.69) is 81.4 Å². The standard InChI is InChI=1S/C34H37O3S/c1-22-14-26(12-13-29(22)38-30-10-6-4-8-27(30)28-9-5-7-11-31(28)38)36-21-32(35)37-33(2,3)34-18-23-15-24(19-34)17-25(16-23)20-34/h4-14,23-25H,15-21H2,1-3H3/q+1. The van der Waals surface area contributed by atoms with Crippen molar-refractivity contribution in [2.75, 3.05) is 6.61 Å². The number of esters is 1. The molecule has 1 aromatic heterocycles. The minimum Gasteiger partial charge on any atom is -0.482 e. The van der Waals surface area contributed by atoms with Crippen LogP contribution in [0.1, 0.15) is 57.9 Å². The molecule has 4 aliphatic carbocycles. The lowest BCUT2D eigenvalue weighted by molar-refractivity contribution is -0.200. The molecule has 4 saturated carbocycles. The number of carbonyl (C=O) groups is 1. The molecule has 4 aliphatic rings. The van der Waals surface area contributed by atoms with E-state index in [4.69, 9.17) is 9.47 Å². The van der Waals surface area contributed by atoms with E-state index >= 15 is 0 Å². The van der Waals surface area contributed by atoms with Gasteiger partial charge in [-0.05, 0) is 113 Å². The van der Waals surface area contributed by atoms with Gasteiger partial charge in [-0.15, -0.1) is 0 Å². The van der Waals surface area contributed by atoms with Crippen LogP contribution in [-0.4, -0.2) is 18.2 Å². The zero-order chi connectivity index (χ0) is 26.1. The van der Waals surface area contributed by atoms with Gasteiger partial charge in [-0.2, -0.15) is 0 Å². The molecular weight excluding hydrogens is 488 g/mol. The third kappa shape index (κ3) is 3.87. The summed E-state index contributed by atoms with van der Waals surface area (Å²) in [7, 11) is -0.140. The van der Waals surface area contributed by atoms with E-state index in [1.807, 2.05) is 6.07 Å². The van der Waals surface area contributed by atoms with E-state index in [1.54, 1.807) is 0 Å². The molecule has 4 heteroatoms. The van der Waals surface area contributed by atoms with E-state index < -0.39 is 5.60 Å². The summed E-state index contributed by atoms with van der Waals surface area (Å²) in [4.78, 5) is 14.3. The zero-order valence-corrected chi connectivity index (χ0v) is 23.5. The normalized spacial score (nSPS) is 26.2. The highest BCUT2D eigenvalue weighted by Crippen LogP contribution is 2.64. The Morgan fingerprint density at radius 1 is 0.868 bits per heavy atom. The van der Waals surface area contributed by atoms with Gasteiger partial charge in [0.1, 0.15) is 11.4 Å². The van der Waals surface area contributed by atoms with Gasteiger partial charge >= 0.3 is 5.97 Å². The van der Waals surface area contributed by atoms with Crippen LogP contribution in [0.3, 0.4) is 0 Å². The fourth-order valence-electron chi connectivity index (χ4n) is 8.44. The molecule has 3 nitrogen and oxygen atoms in total. The molecule has 4 aromatic rings. The fraction of sp³-hybridized carbons (Fsp3) is 0.441. The summed E-state index contributed by atoms with van der Waals surface area (Å²) in [6.45, 7) is 6.39. The highest BCUT2D eigenvalue weighted by molar-refractivity contribution is 7.50. The molecular formula is C34H37O3S+. The molecule has 196 valence electrons. The summed E-state index contributed by atoms with van der Waals surface area (Å²) >= 11 is 0. The quantitative estimate of drug-likeness (QED) is 0.186. The summed E-state index contributed by atoms with van der Waals surface area (Å²) in [5.41, 5.74) is 0.873. The molecule has 3 aromatic carbocycles. The van der Waals surface area contributed by atoms with Crippen LogP contribution in [0, 0.1) is 30.1 Å². The molecule has 4 fully saturated rings. The Kier molecular flexibility index (Phi) is 5.63. The summed E-state index contributed by atoms with van der Waals surface area (Å²) in [6.07, 6.45) is 7.82. The Balaban J connectivity index is 1.08. The van der Waals surface area contributed by atoms with Gasteiger partial charge in [0.05, 0.1) is 0 Å². The number of hydrogen-bond donors (Lipinski definition) is 0. The van der Waals surface area contributed by atoms with Crippen LogP contribution in [0.5, 0.6) is 5.75 Å². The number of ether oxygens (including phenoxy) is 2. The van der Waals surface area contributed by atoms with Crippen LogP contribution in [0.25, 0.3) is 25.1 Å². The Bertz CT molecular complexity index is 1460. The Morgan fingerprint density at radius 3 is 1.97 bits per heavy atom. The van der Waals surface area contributed by atoms with Crippen LogP contribution in [0.4, 0.5) is 0 Å². The Labute approximate surface area is 228 Å². The third-order valence-corrected chi connectivity index (χ3v) is 12.4. The topological polar surface area (TPSA) is 35.5 Å². The minimum absolute atomic E-state index is 0.0496. The first-order valence-electron chi connectivity index (χ1n) is 14.2. The van der Waals surface area contributed by atoms with Crippen molar-refractivity contribution >= 4 is 36.6 Å². The van der Waals surface area contributed by atoms with Crippen molar-refractivity contribution in [2.24, 2.45) is 23.2 Å². The number of thiophene rings is 1. The van der Waals surface area contributed by atoms with Crippen LogP contribution < -0.4 is 4.74 Å². The lowest BCUT2D eigenvalue weighted by atomic mass is 9.46. The molecule has 1 heterocycles. The Hall–Kier alpha value is -2.85. The third-order valence-electron chi connectivity index (χ3n) is 9.91. The molecule has 0 saturated heterocycles. The largest absolute Gasteiger partial charge is 0.482 e. The summed E-state index contributed by atoms with van der Waals surface area (Å²) < 4.78 is 14.9. The maximum absolute atomic E-state index is 13.0. The number of aryl methyl sites for hydroxylation is 1. The van der Waals surface area contributed by atoms with Crippen LogP contribution in [0.15, 0.2) is 66.7 Å². The van der Waals surface area contributed by atoms with E-state index in [-0.39, 0.29) is 28.5 Å². The summed E-state index contributed by atoms with van der Waals surface area (Å²) in [6, 6.07) is 23.7. The van der Waals surface area contributed by atoms with E-state index in [9.17, 15) is 4.79 Å². The zero-order valence-electron chi connectivity index (χ0n) is 22.7. The van der Waals surface area contributed by atoms with E-state index in [0.717, 1.165) is 23.5 Å². The van der Waals surface area contributed by atoms with Gasteiger partial charge in [0, 0.05) is 38.3 Å². The smallest absolute Gasteiger partial charge is 0.344 e. The van der Waals surface area contributed by atoms with Gasteiger partial charge in [0.25, 0.3) is 0 Å². The van der Waals surface area contributed by atoms with Crippen molar-refractivity contribution in [3.8, 4) is 10.6 Å². The first-order chi connectivity index (χ1) is 18.3. The first-order valence-corrected chi connectivity index (χ1v) is 15.4. The molecule has 0 amide bonds. The SMILES string of the molecule is Cc1cc(OCC(=O)OC(C)(C)C23CC4CC(CC(C4)C2)C3)ccc1-[s+]1c2ccccc2c2ccccc21. The average Bonchev–Trinajstić information content (AvgIpc) is 3.21. The molecule has 0 unspecified atom stereocenters. The van der Waals surface area contributed by atoms with E-state index in [1.165, 1.54) is 69.2 Å². The molecule has 0 spiro atoms. The first kappa shape index (κ1) is 24.2. The van der Waals surface area contributed by atoms with Gasteiger partial charge < -0.3 is 9.47 Å². The van der Waals surface area contributed by atoms with Crippen LogP contribution in [-0.2, 0) is 9.53 Å². The van der Waals surface area contributed by atoms with Crippen molar-refractivity contribution in [3.05, 3.63) is 72.3 Å². The predicted molar refractivity (Wildman–Crippen MR) is 156 cm³/mol. The molecule has 4 bridgehead atoms. The van der Waals surface area contributed by atoms with Crippen molar-refractivity contribution in [1.29, 1.82) is 0 Å². The van der Waals surface area contributed by atoms with Gasteiger partial charge in [0.2, 0.25) is 0 Å². The number of benzene rings is 3. The minimum atomic E-state index is -0.451. The number of rotatable bonds is 6. The molecule has 0 N–H and O–H groups in total. The summed E-state index contributed by atoms with van der Waals surface area (Å²) in [5.74, 6) is 2.96. The predicted octanol–water partition coefficient (Wildman–Crippen LogP) is 8.96. The Morgan fingerprint density at radius 2 is 1.42 bits per heavy atom. The van der Waals surface area contributed by atoms with E-state index in [0.29, 0.717) is 0 Å². The maximum atomic E-state index is 13.0. The monoisotopic (exact) mass is 525 g/mol. The molecule has 0 atom stereocenters. The highest BCUT2D eigenvalue weighted by Gasteiger charge is 2.58. The molecule has 38 heavy (non-hydrogen) atoms. The second-order valence-corrected chi connectivity index (χ2v) is 14.6. The second-order valence-electron chi connectivity index (χ2n) is 12.7. The number of hydrogen-bond acceptors (Lipinski definition) is 3. The second kappa shape index (κ2) is 8.84. The van der Waals surface area contributed by atoms with Gasteiger partial charge in [-0.1, -0.05) is 24.3 Å². The van der Waals surface area contributed by atoms with Crippen molar-refractivity contribution < 1.29 is 14.3 Å². The van der Waals surface area contributed by atoms with Crippen molar-refractivity contribution in [3.63, 3.8) is 0 Å². The summed E-state index contributed by atoms with van der Waals surface area (Å²) in [5, 5.41) is 2.66. The molecule has 8 rings (SSSR count). The lowest BCUT2D eigenvalue weighted by Gasteiger charge is -2.61. The van der Waals surface area contributed by atoms with Gasteiger partial charge in [-0.3, -0.25) is 0 Å². The van der Waals surface area contributed by atoms with Crippen molar-refractivity contribution in [2.45, 2.75) is 64.9 Å². The average molecular weight is 526 g/mol. The lowest BCUT2D eigenvalue weighted by Crippen LogP contribution is -2.57. The van der Waals surface area contributed by atoms with Gasteiger partial charge in [0.15, 0.2) is 20.9 Å². The maximum Gasteiger partial charge on any atom is 0.344 e. The number of fused-ring (bicyclic) bond motifs is 3. The fourth-order valence-corrected chi connectivity index (χ4v) is 11.0. The molecule has 0 radical (unpaired) electrons. The highest BCUT2D eigenvalue weighted by atomic mass is 32.2. The van der Waals surface area contributed by atoms with Crippen LogP contribution in [0.2, 0.25) is 0 Å². The number of carbonyl (C=O) groups excluding carboxylic acids is 1.